The van der Waals surface area contributed by atoms with E-state index in [9.17, 15) is 0 Å². The molecule has 1 aliphatic heterocycles. The van der Waals surface area contributed by atoms with Crippen molar-refractivity contribution in [2.75, 3.05) is 0 Å². The Morgan fingerprint density at radius 2 is 1.81 bits per heavy atom. The van der Waals surface area contributed by atoms with Crippen LogP contribution in [0.4, 0.5) is 0 Å². The van der Waals surface area contributed by atoms with Crippen LogP contribution in [0.3, 0.4) is 0 Å². The van der Waals surface area contributed by atoms with E-state index in [2.05, 4.69) is 59.0 Å². The molecule has 0 amide bonds. The fourth-order valence-corrected chi connectivity index (χ4v) is 4.70. The minimum atomic E-state index is 0.284. The van der Waals surface area contributed by atoms with Gasteiger partial charge in [0.15, 0.2) is 0 Å². The van der Waals surface area contributed by atoms with Crippen molar-refractivity contribution < 1.29 is 0 Å². The molecule has 1 saturated carbocycles. The topological polar surface area (TPSA) is 12.0 Å². The molecular formula is C20H35N. The quantitative estimate of drug-likeness (QED) is 0.671. The Labute approximate surface area is 132 Å². The molecule has 2 atom stereocenters. The van der Waals surface area contributed by atoms with E-state index in [1.165, 1.54) is 44.2 Å². The molecule has 0 saturated heterocycles. The number of hydrogen-bond acceptors (Lipinski definition) is 1. The standard InChI is InChI=1S/C20H35N/c1-7-16-17(12-11-13-18(3,4)5)21-19(6)14-9-10-15-20(16,19)8-2/h11-12,21H,7-10,13-15H2,1-6H3/b12-11-. The smallest absolute Gasteiger partial charge is 0.0439 e. The highest BCUT2D eigenvalue weighted by molar-refractivity contribution is 5.41. The van der Waals surface area contributed by atoms with Crippen LogP contribution < -0.4 is 5.32 Å². The Morgan fingerprint density at radius 3 is 2.38 bits per heavy atom. The van der Waals surface area contributed by atoms with Crippen molar-refractivity contribution in [2.45, 2.75) is 92.0 Å². The first-order valence-electron chi connectivity index (χ1n) is 8.96. The minimum Gasteiger partial charge on any atom is -0.379 e. The van der Waals surface area contributed by atoms with Gasteiger partial charge in [-0.25, -0.2) is 0 Å². The summed E-state index contributed by atoms with van der Waals surface area (Å²) in [5.74, 6) is 0. The van der Waals surface area contributed by atoms with Crippen molar-refractivity contribution in [3.05, 3.63) is 23.4 Å². The van der Waals surface area contributed by atoms with Gasteiger partial charge in [-0.2, -0.15) is 0 Å². The van der Waals surface area contributed by atoms with Crippen LogP contribution >= 0.6 is 0 Å². The number of nitrogens with one attached hydrogen (secondary N) is 1. The van der Waals surface area contributed by atoms with Gasteiger partial charge in [0.05, 0.1) is 0 Å². The van der Waals surface area contributed by atoms with Crippen molar-refractivity contribution in [3.8, 4) is 0 Å². The molecule has 0 radical (unpaired) electrons. The molecule has 1 nitrogen and oxygen atoms in total. The van der Waals surface area contributed by atoms with Crippen LogP contribution in [0.1, 0.15) is 86.5 Å². The highest BCUT2D eigenvalue weighted by Gasteiger charge is 2.54. The summed E-state index contributed by atoms with van der Waals surface area (Å²) in [6.45, 7) is 14.1. The largest absolute Gasteiger partial charge is 0.379 e. The van der Waals surface area contributed by atoms with Crippen molar-refractivity contribution in [1.29, 1.82) is 0 Å². The van der Waals surface area contributed by atoms with E-state index in [-0.39, 0.29) is 5.54 Å². The molecule has 0 spiro atoms. The molecule has 2 aliphatic rings. The van der Waals surface area contributed by atoms with Crippen LogP contribution in [0.5, 0.6) is 0 Å². The fraction of sp³-hybridized carbons (Fsp3) is 0.800. The van der Waals surface area contributed by atoms with E-state index in [0.29, 0.717) is 10.8 Å². The van der Waals surface area contributed by atoms with Gasteiger partial charge in [-0.3, -0.25) is 0 Å². The zero-order valence-corrected chi connectivity index (χ0v) is 15.1. The van der Waals surface area contributed by atoms with Crippen LogP contribution in [0.2, 0.25) is 0 Å². The van der Waals surface area contributed by atoms with Gasteiger partial charge in [0.25, 0.3) is 0 Å². The molecule has 2 unspecified atom stereocenters. The molecule has 1 aliphatic carbocycles. The number of fused-ring (bicyclic) bond motifs is 1. The van der Waals surface area contributed by atoms with Gasteiger partial charge < -0.3 is 5.32 Å². The van der Waals surface area contributed by atoms with Gasteiger partial charge in [0.1, 0.15) is 0 Å². The maximum atomic E-state index is 3.94. The lowest BCUT2D eigenvalue weighted by molar-refractivity contribution is 0.103. The average Bonchev–Trinajstić information content (AvgIpc) is 2.65. The Hall–Kier alpha value is -0.720. The molecule has 0 aromatic rings. The molecule has 1 N–H and O–H groups in total. The van der Waals surface area contributed by atoms with Crippen molar-refractivity contribution in [1.82, 2.24) is 5.32 Å². The molecule has 1 heteroatoms. The van der Waals surface area contributed by atoms with E-state index in [1.54, 1.807) is 5.57 Å². The van der Waals surface area contributed by atoms with Crippen LogP contribution in [0.15, 0.2) is 23.4 Å². The molecule has 0 aromatic carbocycles. The second-order valence-corrected chi connectivity index (χ2v) is 8.51. The molecule has 0 bridgehead atoms. The van der Waals surface area contributed by atoms with Crippen LogP contribution in [-0.4, -0.2) is 5.54 Å². The molecule has 120 valence electrons. The van der Waals surface area contributed by atoms with Gasteiger partial charge in [0, 0.05) is 16.7 Å². The Kier molecular flexibility index (Phi) is 4.61. The molecule has 1 heterocycles. The number of rotatable bonds is 4. The first-order chi connectivity index (χ1) is 9.78. The third-order valence-corrected chi connectivity index (χ3v) is 5.87. The highest BCUT2D eigenvalue weighted by atomic mass is 15.0. The summed E-state index contributed by atoms with van der Waals surface area (Å²) in [4.78, 5) is 0. The second kappa shape index (κ2) is 5.82. The first-order valence-corrected chi connectivity index (χ1v) is 8.96. The monoisotopic (exact) mass is 289 g/mol. The lowest BCUT2D eigenvalue weighted by Gasteiger charge is -2.49. The SMILES string of the molecule is CCC1=C(/C=C\CC(C)(C)C)NC2(C)CCCCC12CC. The fourth-order valence-electron chi connectivity index (χ4n) is 4.70. The summed E-state index contributed by atoms with van der Waals surface area (Å²) in [6, 6.07) is 0. The van der Waals surface area contributed by atoms with Crippen molar-refractivity contribution in [3.63, 3.8) is 0 Å². The van der Waals surface area contributed by atoms with Crippen LogP contribution in [0.25, 0.3) is 0 Å². The molecule has 21 heavy (non-hydrogen) atoms. The summed E-state index contributed by atoms with van der Waals surface area (Å²) in [5.41, 5.74) is 4.19. The molecule has 1 fully saturated rings. The zero-order valence-electron chi connectivity index (χ0n) is 15.1. The Morgan fingerprint density at radius 1 is 1.14 bits per heavy atom. The number of hydrogen-bond donors (Lipinski definition) is 1. The van der Waals surface area contributed by atoms with Gasteiger partial charge in [-0.05, 0) is 56.1 Å². The molecule has 2 rings (SSSR count). The predicted molar refractivity (Wildman–Crippen MR) is 93.3 cm³/mol. The zero-order chi connectivity index (χ0) is 15.7. The third-order valence-electron chi connectivity index (χ3n) is 5.87. The van der Waals surface area contributed by atoms with Crippen molar-refractivity contribution in [2.24, 2.45) is 10.8 Å². The predicted octanol–water partition coefficient (Wildman–Crippen LogP) is 5.98. The van der Waals surface area contributed by atoms with Gasteiger partial charge in [0.2, 0.25) is 0 Å². The van der Waals surface area contributed by atoms with E-state index < -0.39 is 0 Å². The van der Waals surface area contributed by atoms with E-state index in [1.807, 2.05) is 0 Å². The van der Waals surface area contributed by atoms with Gasteiger partial charge in [-0.1, -0.05) is 53.5 Å². The van der Waals surface area contributed by atoms with E-state index in [4.69, 9.17) is 0 Å². The van der Waals surface area contributed by atoms with Crippen LogP contribution in [-0.2, 0) is 0 Å². The number of allylic oxidation sites excluding steroid dienone is 2. The molecular weight excluding hydrogens is 254 g/mol. The van der Waals surface area contributed by atoms with E-state index in [0.717, 1.165) is 6.42 Å². The van der Waals surface area contributed by atoms with Gasteiger partial charge in [-0.15, -0.1) is 0 Å². The molecule has 0 aromatic heterocycles. The first kappa shape index (κ1) is 16.6. The second-order valence-electron chi connectivity index (χ2n) is 8.51. The lowest BCUT2D eigenvalue weighted by Crippen LogP contribution is -2.53. The minimum absolute atomic E-state index is 0.284. The Bertz CT molecular complexity index is 437. The van der Waals surface area contributed by atoms with Crippen molar-refractivity contribution >= 4 is 0 Å². The Balaban J connectivity index is 2.31. The van der Waals surface area contributed by atoms with Crippen LogP contribution in [0, 0.1) is 10.8 Å². The van der Waals surface area contributed by atoms with E-state index >= 15 is 0 Å². The summed E-state index contributed by atoms with van der Waals surface area (Å²) < 4.78 is 0. The summed E-state index contributed by atoms with van der Waals surface area (Å²) in [5, 5.41) is 3.94. The summed E-state index contributed by atoms with van der Waals surface area (Å²) in [6.07, 6.45) is 13.8. The summed E-state index contributed by atoms with van der Waals surface area (Å²) >= 11 is 0. The maximum absolute atomic E-state index is 3.94. The van der Waals surface area contributed by atoms with Gasteiger partial charge >= 0.3 is 0 Å². The normalized spacial score (nSPS) is 33.4. The highest BCUT2D eigenvalue weighted by Crippen LogP contribution is 2.57. The third kappa shape index (κ3) is 2.94. The lowest BCUT2D eigenvalue weighted by atomic mass is 9.58. The maximum Gasteiger partial charge on any atom is 0.0439 e. The summed E-state index contributed by atoms with van der Waals surface area (Å²) in [7, 11) is 0. The average molecular weight is 290 g/mol.